The van der Waals surface area contributed by atoms with Gasteiger partial charge in [0, 0.05) is 8.95 Å². The smallest absolute Gasteiger partial charge is 0.104 e. The molecular weight excluding hydrogens is 380 g/mol. The highest BCUT2D eigenvalue weighted by Crippen LogP contribution is 2.29. The van der Waals surface area contributed by atoms with Gasteiger partial charge in [-0.25, -0.2) is 0 Å². The average molecular weight is 398 g/mol. The van der Waals surface area contributed by atoms with Crippen molar-refractivity contribution in [1.29, 1.82) is 0 Å². The van der Waals surface area contributed by atoms with E-state index in [0.29, 0.717) is 5.92 Å². The Labute approximate surface area is 137 Å². The summed E-state index contributed by atoms with van der Waals surface area (Å²) >= 11 is 6.92. The summed E-state index contributed by atoms with van der Waals surface area (Å²) in [5, 5.41) is 10.5. The van der Waals surface area contributed by atoms with E-state index in [1.54, 1.807) is 0 Å². The lowest BCUT2D eigenvalue weighted by Crippen LogP contribution is -2.02. The number of hydrogen-bond donors (Lipinski definition) is 1. The van der Waals surface area contributed by atoms with Crippen LogP contribution in [0.4, 0.5) is 0 Å². The summed E-state index contributed by atoms with van der Waals surface area (Å²) in [7, 11) is 0. The van der Waals surface area contributed by atoms with Crippen LogP contribution in [-0.4, -0.2) is 5.11 Å². The van der Waals surface area contributed by atoms with Gasteiger partial charge in [0.05, 0.1) is 0 Å². The second kappa shape index (κ2) is 6.88. The molecule has 1 N–H and O–H groups in total. The van der Waals surface area contributed by atoms with Crippen molar-refractivity contribution in [2.75, 3.05) is 0 Å². The molecule has 1 unspecified atom stereocenters. The fraction of sp³-hybridized carbons (Fsp3) is 0.294. The maximum absolute atomic E-state index is 10.5. The van der Waals surface area contributed by atoms with E-state index in [0.717, 1.165) is 26.5 Å². The molecule has 0 bridgehead atoms. The second-order valence-corrected chi connectivity index (χ2v) is 7.13. The largest absolute Gasteiger partial charge is 0.384 e. The van der Waals surface area contributed by atoms with Crippen LogP contribution in [0, 0.1) is 5.92 Å². The van der Waals surface area contributed by atoms with Gasteiger partial charge in [-0.1, -0.05) is 44.2 Å². The van der Waals surface area contributed by atoms with E-state index in [2.05, 4.69) is 57.8 Å². The van der Waals surface area contributed by atoms with Gasteiger partial charge in [-0.05, 0) is 73.0 Å². The summed E-state index contributed by atoms with van der Waals surface area (Å²) in [4.78, 5) is 0. The minimum absolute atomic E-state index is 0.591. The number of halogens is 2. The van der Waals surface area contributed by atoms with Crippen molar-refractivity contribution >= 4 is 31.9 Å². The van der Waals surface area contributed by atoms with Crippen LogP contribution in [0.25, 0.3) is 0 Å². The van der Waals surface area contributed by atoms with E-state index >= 15 is 0 Å². The Kier molecular flexibility index (Phi) is 5.42. The number of aliphatic hydroxyl groups excluding tert-OH is 1. The highest BCUT2D eigenvalue weighted by Gasteiger charge is 2.12. The molecule has 0 aliphatic heterocycles. The Balaban J connectivity index is 2.28. The zero-order chi connectivity index (χ0) is 14.7. The topological polar surface area (TPSA) is 20.2 Å². The van der Waals surface area contributed by atoms with Crippen molar-refractivity contribution < 1.29 is 5.11 Å². The highest BCUT2D eigenvalue weighted by molar-refractivity contribution is 9.13. The monoisotopic (exact) mass is 396 g/mol. The first-order valence-corrected chi connectivity index (χ1v) is 8.28. The van der Waals surface area contributed by atoms with Crippen LogP contribution in [0.15, 0.2) is 51.4 Å². The van der Waals surface area contributed by atoms with Gasteiger partial charge < -0.3 is 5.11 Å². The van der Waals surface area contributed by atoms with E-state index in [1.807, 2.05) is 30.3 Å². The molecule has 2 rings (SSSR count). The number of aliphatic hydroxyl groups is 1. The summed E-state index contributed by atoms with van der Waals surface area (Å²) in [6.45, 7) is 4.41. The van der Waals surface area contributed by atoms with Gasteiger partial charge >= 0.3 is 0 Å². The van der Waals surface area contributed by atoms with Crippen LogP contribution in [0.2, 0.25) is 0 Å². The summed E-state index contributed by atoms with van der Waals surface area (Å²) < 4.78 is 1.94. The normalized spacial score (nSPS) is 12.7. The van der Waals surface area contributed by atoms with Crippen LogP contribution in [0.1, 0.15) is 36.6 Å². The molecule has 0 aromatic heterocycles. The molecule has 0 aliphatic carbocycles. The molecule has 0 saturated heterocycles. The minimum Gasteiger partial charge on any atom is -0.384 e. The third-order valence-corrected chi connectivity index (χ3v) is 5.05. The van der Waals surface area contributed by atoms with E-state index < -0.39 is 6.10 Å². The van der Waals surface area contributed by atoms with Crippen molar-refractivity contribution in [3.8, 4) is 0 Å². The Hall–Kier alpha value is -0.640. The van der Waals surface area contributed by atoms with Gasteiger partial charge in [-0.2, -0.15) is 0 Å². The van der Waals surface area contributed by atoms with E-state index in [1.165, 1.54) is 5.56 Å². The summed E-state index contributed by atoms with van der Waals surface area (Å²) in [5.74, 6) is 0.615. The van der Waals surface area contributed by atoms with Gasteiger partial charge in [-0.3, -0.25) is 0 Å². The third-order valence-electron chi connectivity index (χ3n) is 3.17. The van der Waals surface area contributed by atoms with Gasteiger partial charge in [-0.15, -0.1) is 0 Å². The zero-order valence-corrected chi connectivity index (χ0v) is 14.8. The van der Waals surface area contributed by atoms with Crippen molar-refractivity contribution in [2.24, 2.45) is 5.92 Å². The molecule has 0 aliphatic rings. The van der Waals surface area contributed by atoms with Gasteiger partial charge in [0.15, 0.2) is 0 Å². The fourth-order valence-corrected chi connectivity index (χ4v) is 2.88. The molecule has 0 radical (unpaired) electrons. The first-order valence-electron chi connectivity index (χ1n) is 6.69. The minimum atomic E-state index is -0.591. The zero-order valence-electron chi connectivity index (χ0n) is 11.6. The predicted octanol–water partition coefficient (Wildman–Crippen LogP) is 5.49. The van der Waals surface area contributed by atoms with Crippen molar-refractivity contribution in [3.05, 3.63) is 68.1 Å². The fourth-order valence-electron chi connectivity index (χ4n) is 2.24. The van der Waals surface area contributed by atoms with E-state index in [9.17, 15) is 5.11 Å². The molecule has 0 fully saturated rings. The molecule has 2 aromatic rings. The molecule has 1 atom stereocenters. The summed E-state index contributed by atoms with van der Waals surface area (Å²) in [5.41, 5.74) is 3.10. The van der Waals surface area contributed by atoms with Gasteiger partial charge in [0.2, 0.25) is 0 Å². The lowest BCUT2D eigenvalue weighted by molar-refractivity contribution is 0.220. The quantitative estimate of drug-likeness (QED) is 0.722. The van der Waals surface area contributed by atoms with E-state index in [4.69, 9.17) is 0 Å². The van der Waals surface area contributed by atoms with E-state index in [-0.39, 0.29) is 0 Å². The molecule has 106 valence electrons. The lowest BCUT2D eigenvalue weighted by Gasteiger charge is -2.14. The molecular formula is C17H18Br2O. The first-order chi connectivity index (χ1) is 9.47. The Bertz CT molecular complexity index is 593. The summed E-state index contributed by atoms with van der Waals surface area (Å²) in [6.07, 6.45) is 0.441. The molecule has 1 nitrogen and oxygen atoms in total. The van der Waals surface area contributed by atoms with Crippen LogP contribution in [0.3, 0.4) is 0 Å². The Morgan fingerprint density at radius 3 is 2.30 bits per heavy atom. The van der Waals surface area contributed by atoms with Crippen LogP contribution in [0.5, 0.6) is 0 Å². The van der Waals surface area contributed by atoms with Gasteiger partial charge in [0.1, 0.15) is 6.10 Å². The van der Waals surface area contributed by atoms with Crippen molar-refractivity contribution in [1.82, 2.24) is 0 Å². The Morgan fingerprint density at radius 2 is 1.65 bits per heavy atom. The number of hydrogen-bond acceptors (Lipinski definition) is 1. The molecule has 0 spiro atoms. The highest BCUT2D eigenvalue weighted by atomic mass is 79.9. The molecule has 3 heteroatoms. The van der Waals surface area contributed by atoms with Crippen molar-refractivity contribution in [3.63, 3.8) is 0 Å². The molecule has 2 aromatic carbocycles. The molecule has 0 heterocycles. The number of benzene rings is 2. The van der Waals surface area contributed by atoms with Gasteiger partial charge in [0.25, 0.3) is 0 Å². The lowest BCUT2D eigenvalue weighted by atomic mass is 9.96. The van der Waals surface area contributed by atoms with Crippen LogP contribution in [-0.2, 0) is 6.42 Å². The molecule has 20 heavy (non-hydrogen) atoms. The average Bonchev–Trinajstić information content (AvgIpc) is 2.40. The molecule has 0 saturated carbocycles. The predicted molar refractivity (Wildman–Crippen MR) is 90.9 cm³/mol. The second-order valence-electron chi connectivity index (χ2n) is 5.42. The number of rotatable bonds is 4. The van der Waals surface area contributed by atoms with Crippen LogP contribution < -0.4 is 0 Å². The third kappa shape index (κ3) is 3.94. The SMILES string of the molecule is CC(C)Cc1cccc(C(O)c2ccc(Br)c(Br)c2)c1. The maximum atomic E-state index is 10.5. The molecule has 0 amide bonds. The Morgan fingerprint density at radius 1 is 0.950 bits per heavy atom. The summed E-state index contributed by atoms with van der Waals surface area (Å²) in [6, 6.07) is 14.0. The van der Waals surface area contributed by atoms with Crippen molar-refractivity contribution in [2.45, 2.75) is 26.4 Å². The maximum Gasteiger partial charge on any atom is 0.104 e. The standard InChI is InChI=1S/C17H18Br2O/c1-11(2)8-12-4-3-5-13(9-12)17(20)14-6-7-15(18)16(19)10-14/h3-7,9-11,17,20H,8H2,1-2H3. The first kappa shape index (κ1) is 15.7. The van der Waals surface area contributed by atoms with Crippen LogP contribution >= 0.6 is 31.9 Å².